The molecule has 0 radical (unpaired) electrons. The Kier molecular flexibility index (Phi) is 10.7. The number of ketones is 2. The topological polar surface area (TPSA) is 111 Å². The molecule has 0 saturated heterocycles. The lowest BCUT2D eigenvalue weighted by molar-refractivity contribution is -0.125. The van der Waals surface area contributed by atoms with Gasteiger partial charge in [-0.25, -0.2) is 9.59 Å². The lowest BCUT2D eigenvalue weighted by Crippen LogP contribution is -2.38. The molecule has 0 aliphatic heterocycles. The summed E-state index contributed by atoms with van der Waals surface area (Å²) in [5, 5.41) is 5.14. The predicted molar refractivity (Wildman–Crippen MR) is 101 cm³/mol. The van der Waals surface area contributed by atoms with Crippen LogP contribution in [0.3, 0.4) is 0 Å². The zero-order valence-electron chi connectivity index (χ0n) is 17.4. The van der Waals surface area contributed by atoms with E-state index in [-0.39, 0.29) is 37.9 Å². The molecule has 0 aromatic rings. The summed E-state index contributed by atoms with van der Waals surface area (Å²) in [7, 11) is 0. The quantitative estimate of drug-likeness (QED) is 0.499. The van der Waals surface area contributed by atoms with Gasteiger partial charge in [0.1, 0.15) is 11.6 Å². The molecule has 8 heteroatoms. The summed E-state index contributed by atoms with van der Waals surface area (Å²) in [4.78, 5) is 45.8. The first-order valence-electron chi connectivity index (χ1n) is 9.22. The van der Waals surface area contributed by atoms with Crippen LogP contribution < -0.4 is 10.6 Å². The highest BCUT2D eigenvalue weighted by atomic mass is 16.6. The summed E-state index contributed by atoms with van der Waals surface area (Å²) in [6.07, 6.45) is 0.928. The summed E-state index contributed by atoms with van der Waals surface area (Å²) in [6, 6.07) is 0. The number of alkyl carbamates (subject to hydrolysis) is 2. The van der Waals surface area contributed by atoms with Gasteiger partial charge in [0.15, 0.2) is 0 Å². The molecule has 27 heavy (non-hydrogen) atoms. The average molecular weight is 386 g/mol. The molecular weight excluding hydrogens is 352 g/mol. The molecule has 0 heterocycles. The molecule has 8 nitrogen and oxygen atoms in total. The molecule has 0 bridgehead atoms. The Balaban J connectivity index is 3.70. The fourth-order valence-corrected chi connectivity index (χ4v) is 1.65. The van der Waals surface area contributed by atoms with E-state index in [0.717, 1.165) is 6.42 Å². The van der Waals surface area contributed by atoms with Crippen LogP contribution in [-0.4, -0.2) is 50.1 Å². The molecule has 0 fully saturated rings. The summed E-state index contributed by atoms with van der Waals surface area (Å²) in [5.74, 6) is -0.00612. The minimum absolute atomic E-state index is 0.00306. The van der Waals surface area contributed by atoms with Crippen molar-refractivity contribution in [3.8, 4) is 0 Å². The van der Waals surface area contributed by atoms with E-state index in [1.165, 1.54) is 13.8 Å². The minimum Gasteiger partial charge on any atom is -0.450 e. The largest absolute Gasteiger partial charge is 0.450 e. The van der Waals surface area contributed by atoms with Crippen LogP contribution in [-0.2, 0) is 19.1 Å². The number of amides is 2. The Morgan fingerprint density at radius 2 is 1.00 bits per heavy atom. The van der Waals surface area contributed by atoms with Crippen LogP contribution in [0.25, 0.3) is 0 Å². The third-order valence-electron chi connectivity index (χ3n) is 4.51. The maximum Gasteiger partial charge on any atom is 0.407 e. The van der Waals surface area contributed by atoms with E-state index in [2.05, 4.69) is 10.6 Å². The van der Waals surface area contributed by atoms with Gasteiger partial charge in [-0.05, 0) is 33.1 Å². The highest BCUT2D eigenvalue weighted by Crippen LogP contribution is 2.15. The lowest BCUT2D eigenvalue weighted by atomic mass is 9.89. The molecule has 156 valence electrons. The van der Waals surface area contributed by atoms with Gasteiger partial charge in [-0.1, -0.05) is 27.7 Å². The van der Waals surface area contributed by atoms with Gasteiger partial charge in [0.2, 0.25) is 0 Å². The van der Waals surface area contributed by atoms with Crippen LogP contribution in [0.5, 0.6) is 0 Å². The first-order valence-corrected chi connectivity index (χ1v) is 9.22. The fourth-order valence-electron chi connectivity index (χ4n) is 1.65. The molecule has 2 amide bonds. The van der Waals surface area contributed by atoms with Crippen LogP contribution in [0, 0.1) is 10.8 Å². The first kappa shape index (κ1) is 24.9. The fraction of sp³-hybridized carbons (Fsp3) is 0.789. The van der Waals surface area contributed by atoms with Gasteiger partial charge < -0.3 is 20.1 Å². The number of hydrogen-bond acceptors (Lipinski definition) is 6. The maximum atomic E-state index is 11.5. The molecule has 0 saturated carbocycles. The molecule has 0 aliphatic rings. The number of unbranched alkanes of at least 4 members (excludes halogenated alkanes) is 2. The van der Waals surface area contributed by atoms with Gasteiger partial charge in [-0.3, -0.25) is 9.59 Å². The van der Waals surface area contributed by atoms with E-state index in [4.69, 9.17) is 9.47 Å². The van der Waals surface area contributed by atoms with Crippen molar-refractivity contribution < 1.29 is 28.7 Å². The molecule has 2 N–H and O–H groups in total. The zero-order valence-corrected chi connectivity index (χ0v) is 17.4. The van der Waals surface area contributed by atoms with Gasteiger partial charge in [0, 0.05) is 23.9 Å². The van der Waals surface area contributed by atoms with Gasteiger partial charge in [0.05, 0.1) is 13.2 Å². The van der Waals surface area contributed by atoms with Crippen LogP contribution in [0.15, 0.2) is 0 Å². The summed E-state index contributed by atoms with van der Waals surface area (Å²) < 4.78 is 10.1. The second-order valence-corrected chi connectivity index (χ2v) is 7.92. The number of Topliss-reactive ketones (excluding diaryl/α,β-unsaturated/α-hetero) is 2. The van der Waals surface area contributed by atoms with Crippen molar-refractivity contribution in [2.24, 2.45) is 10.8 Å². The molecule has 0 aromatic carbocycles. The third-order valence-corrected chi connectivity index (χ3v) is 4.51. The van der Waals surface area contributed by atoms with Crippen molar-refractivity contribution in [3.63, 3.8) is 0 Å². The van der Waals surface area contributed by atoms with Crippen molar-refractivity contribution in [3.05, 3.63) is 0 Å². The van der Waals surface area contributed by atoms with E-state index in [9.17, 15) is 19.2 Å². The van der Waals surface area contributed by atoms with Crippen molar-refractivity contribution in [2.75, 3.05) is 26.3 Å². The summed E-state index contributed by atoms with van der Waals surface area (Å²) >= 11 is 0. The number of rotatable bonds is 12. The molecule has 0 atom stereocenters. The predicted octanol–water partition coefficient (Wildman–Crippen LogP) is 2.84. The van der Waals surface area contributed by atoms with Crippen LogP contribution in [0.4, 0.5) is 9.59 Å². The van der Waals surface area contributed by atoms with E-state index in [0.29, 0.717) is 12.8 Å². The molecule has 0 aromatic heterocycles. The highest BCUT2D eigenvalue weighted by Gasteiger charge is 2.25. The first-order chi connectivity index (χ1) is 12.4. The number of hydrogen-bond donors (Lipinski definition) is 2. The maximum absolute atomic E-state index is 11.5. The van der Waals surface area contributed by atoms with Crippen molar-refractivity contribution >= 4 is 23.8 Å². The van der Waals surface area contributed by atoms with Crippen molar-refractivity contribution in [1.29, 1.82) is 0 Å². The number of ether oxygens (including phenoxy) is 2. The Morgan fingerprint density at radius 3 is 1.30 bits per heavy atom. The summed E-state index contributed by atoms with van der Waals surface area (Å²) in [6.45, 7) is 11.0. The van der Waals surface area contributed by atoms with Gasteiger partial charge in [-0.15, -0.1) is 0 Å². The monoisotopic (exact) mass is 386 g/mol. The average Bonchev–Trinajstić information content (AvgIpc) is 2.57. The Bertz CT molecular complexity index is 482. The van der Waals surface area contributed by atoms with Crippen LogP contribution in [0.1, 0.15) is 60.8 Å². The van der Waals surface area contributed by atoms with Crippen LogP contribution >= 0.6 is 0 Å². The minimum atomic E-state index is -0.615. The van der Waals surface area contributed by atoms with E-state index in [1.54, 1.807) is 27.7 Å². The lowest BCUT2D eigenvalue weighted by Gasteiger charge is -2.21. The van der Waals surface area contributed by atoms with Gasteiger partial charge in [-0.2, -0.15) is 0 Å². The summed E-state index contributed by atoms with van der Waals surface area (Å²) in [5.41, 5.74) is -1.23. The normalized spacial score (nSPS) is 11.5. The van der Waals surface area contributed by atoms with Crippen molar-refractivity contribution in [1.82, 2.24) is 10.6 Å². The number of carbonyl (C=O) groups is 4. The Labute approximate surface area is 161 Å². The van der Waals surface area contributed by atoms with E-state index >= 15 is 0 Å². The molecule has 0 rings (SSSR count). The second-order valence-electron chi connectivity index (χ2n) is 7.92. The van der Waals surface area contributed by atoms with Crippen LogP contribution in [0.2, 0.25) is 0 Å². The van der Waals surface area contributed by atoms with Crippen molar-refractivity contribution in [2.45, 2.75) is 60.8 Å². The standard InChI is InChI=1S/C19H34N2O6/c1-14(22)18(3,4)12-20-16(24)26-10-8-7-9-11-27-17(25)21-13-19(5,6)15(2)23/h7-13H2,1-6H3,(H,20,24)(H,21,25). The second kappa shape index (κ2) is 11.6. The molecule has 0 spiro atoms. The molecule has 0 unspecified atom stereocenters. The smallest absolute Gasteiger partial charge is 0.407 e. The van der Waals surface area contributed by atoms with Gasteiger partial charge in [0.25, 0.3) is 0 Å². The zero-order chi connectivity index (χ0) is 21.1. The molecule has 0 aliphatic carbocycles. The number of carbonyl (C=O) groups excluding carboxylic acids is 4. The van der Waals surface area contributed by atoms with E-state index < -0.39 is 23.0 Å². The number of nitrogens with one attached hydrogen (secondary N) is 2. The van der Waals surface area contributed by atoms with Gasteiger partial charge >= 0.3 is 12.2 Å². The molecular formula is C19H34N2O6. The SMILES string of the molecule is CC(=O)C(C)(C)CNC(=O)OCCCCCOC(=O)NCC(C)(C)C(C)=O. The third kappa shape index (κ3) is 11.2. The highest BCUT2D eigenvalue weighted by molar-refractivity contribution is 5.82. The Morgan fingerprint density at radius 1 is 0.667 bits per heavy atom. The Hall–Kier alpha value is -2.12. The van der Waals surface area contributed by atoms with E-state index in [1.807, 2.05) is 0 Å².